The molecule has 0 saturated heterocycles. The molecule has 10 N–H and O–H groups in total. The number of carbonyl (C=O) groups is 1. The predicted octanol–water partition coefficient (Wildman–Crippen LogP) is 4.47. The molecule has 8 rings (SSSR count). The molecule has 5 atom stereocenters. The molecule has 15 nitrogen and oxygen atoms in total. The molecule has 0 amide bonds. The Morgan fingerprint density at radius 1 is 0.704 bits per heavy atom. The molecular formula is C39H30O15. The van der Waals surface area contributed by atoms with Crippen molar-refractivity contribution in [2.45, 2.75) is 36.4 Å². The highest BCUT2D eigenvalue weighted by atomic mass is 16.7. The number of rotatable bonds is 5. The molecule has 0 fully saturated rings. The zero-order valence-corrected chi connectivity index (χ0v) is 27.6. The van der Waals surface area contributed by atoms with Crippen LogP contribution in [0.25, 0.3) is 6.08 Å². The smallest absolute Gasteiger partial charge is 0.331 e. The van der Waals surface area contributed by atoms with E-state index in [0.717, 1.165) is 30.3 Å². The van der Waals surface area contributed by atoms with Gasteiger partial charge in [0.05, 0.1) is 5.92 Å². The number of carbonyl (C=O) groups excluding carboxylic acids is 1. The zero-order valence-electron chi connectivity index (χ0n) is 27.6. The second-order valence-corrected chi connectivity index (χ2v) is 13.0. The molecule has 5 aromatic carbocycles. The van der Waals surface area contributed by atoms with E-state index in [0.29, 0.717) is 5.56 Å². The van der Waals surface area contributed by atoms with Crippen LogP contribution in [0.2, 0.25) is 0 Å². The van der Waals surface area contributed by atoms with E-state index in [-0.39, 0.29) is 57.2 Å². The van der Waals surface area contributed by atoms with E-state index in [1.54, 1.807) is 12.1 Å². The fourth-order valence-corrected chi connectivity index (χ4v) is 7.18. The highest BCUT2D eigenvalue weighted by Gasteiger charge is 2.60. The zero-order chi connectivity index (χ0) is 38.2. The largest absolute Gasteiger partial charge is 0.508 e. The Morgan fingerprint density at radius 3 is 2.07 bits per heavy atom. The van der Waals surface area contributed by atoms with E-state index in [9.17, 15) is 55.9 Å². The van der Waals surface area contributed by atoms with Crippen LogP contribution < -0.4 is 14.2 Å². The van der Waals surface area contributed by atoms with E-state index in [2.05, 4.69) is 0 Å². The van der Waals surface area contributed by atoms with Crippen molar-refractivity contribution in [2.24, 2.45) is 0 Å². The first-order valence-corrected chi connectivity index (χ1v) is 16.4. The van der Waals surface area contributed by atoms with Gasteiger partial charge in [0.1, 0.15) is 52.5 Å². The second kappa shape index (κ2) is 12.2. The molecule has 15 heteroatoms. The van der Waals surface area contributed by atoms with Gasteiger partial charge in [-0.1, -0.05) is 18.2 Å². The van der Waals surface area contributed by atoms with Gasteiger partial charge in [-0.2, -0.15) is 0 Å². The first kappa shape index (κ1) is 34.0. The first-order valence-electron chi connectivity index (χ1n) is 16.4. The van der Waals surface area contributed by atoms with Crippen LogP contribution in [0.4, 0.5) is 0 Å². The van der Waals surface area contributed by atoms with Gasteiger partial charge in [0.2, 0.25) is 0 Å². The average molecular weight is 739 g/mol. The van der Waals surface area contributed by atoms with Gasteiger partial charge in [-0.25, -0.2) is 4.79 Å². The van der Waals surface area contributed by atoms with E-state index >= 15 is 0 Å². The van der Waals surface area contributed by atoms with Gasteiger partial charge in [0, 0.05) is 58.5 Å². The molecule has 3 aliphatic heterocycles. The van der Waals surface area contributed by atoms with Crippen molar-refractivity contribution in [3.8, 4) is 69.0 Å². The molecule has 0 radical (unpaired) electrons. The molecule has 0 spiro atoms. The van der Waals surface area contributed by atoms with Crippen molar-refractivity contribution in [3.63, 3.8) is 0 Å². The minimum absolute atomic E-state index is 0.0315. The molecule has 0 aliphatic carbocycles. The normalized spacial score (nSPS) is 22.2. The van der Waals surface area contributed by atoms with Crippen molar-refractivity contribution in [1.82, 2.24) is 0 Å². The number of aliphatic hydroxyl groups is 1. The Morgan fingerprint density at radius 2 is 1.39 bits per heavy atom. The second-order valence-electron chi connectivity index (χ2n) is 13.0. The van der Waals surface area contributed by atoms with Gasteiger partial charge < -0.3 is 70.0 Å². The van der Waals surface area contributed by atoms with Gasteiger partial charge in [-0.15, -0.1) is 0 Å². The number of aromatic hydroxyl groups is 9. The molecule has 3 heterocycles. The van der Waals surface area contributed by atoms with Gasteiger partial charge in [0.25, 0.3) is 0 Å². The van der Waals surface area contributed by atoms with Crippen LogP contribution in [0.3, 0.4) is 0 Å². The third kappa shape index (κ3) is 5.37. The molecule has 3 aliphatic rings. The lowest BCUT2D eigenvalue weighted by Gasteiger charge is -2.50. The maximum absolute atomic E-state index is 13.2. The Hall–Kier alpha value is -7.13. The Labute approximate surface area is 304 Å². The number of ether oxygens (including phenoxy) is 4. The molecule has 0 saturated carbocycles. The van der Waals surface area contributed by atoms with Crippen LogP contribution in [0, 0.1) is 0 Å². The van der Waals surface area contributed by atoms with Crippen molar-refractivity contribution in [1.29, 1.82) is 0 Å². The standard InChI is InChI=1S/C39H30O15/c40-19-5-1-16(2-6-19)3-8-31(48)51-30-14-21-23(43)15-29-33(37(21)52-36(30)17-4-7-22(42)24(44)9-17)34-32-25(45)12-20(41)13-28(32)53-39(54-29,38(34)50)18-10-26(46)35(49)27(47)11-18/h1-13,15,30,34,36,38,40-47,49-50H,14H2/b8-3+/t30-,34-,36-,38-,39+/m1/s1. The lowest BCUT2D eigenvalue weighted by Crippen LogP contribution is -2.57. The monoisotopic (exact) mass is 738 g/mol. The number of esters is 1. The number of phenolic OH excluding ortho intramolecular Hbond substituents is 9. The van der Waals surface area contributed by atoms with Crippen molar-refractivity contribution >= 4 is 12.0 Å². The summed E-state index contributed by atoms with van der Waals surface area (Å²) in [4.78, 5) is 13.2. The van der Waals surface area contributed by atoms with E-state index in [4.69, 9.17) is 18.9 Å². The molecular weight excluding hydrogens is 708 g/mol. The average Bonchev–Trinajstić information content (AvgIpc) is 3.11. The molecule has 2 bridgehead atoms. The lowest BCUT2D eigenvalue weighted by atomic mass is 9.74. The molecule has 276 valence electrons. The molecule has 0 unspecified atom stereocenters. The van der Waals surface area contributed by atoms with Crippen molar-refractivity contribution in [2.75, 3.05) is 0 Å². The Kier molecular flexibility index (Phi) is 7.70. The highest BCUT2D eigenvalue weighted by molar-refractivity contribution is 5.87. The number of fused-ring (bicyclic) bond motifs is 8. The predicted molar refractivity (Wildman–Crippen MR) is 184 cm³/mol. The summed E-state index contributed by atoms with van der Waals surface area (Å²) in [7, 11) is 0. The molecule has 54 heavy (non-hydrogen) atoms. The summed E-state index contributed by atoms with van der Waals surface area (Å²) in [5, 5.41) is 106. The first-order chi connectivity index (χ1) is 25.7. The summed E-state index contributed by atoms with van der Waals surface area (Å²) in [5.74, 6) is -9.54. The number of aliphatic hydroxyl groups excluding tert-OH is 1. The Balaban J connectivity index is 1.28. The lowest BCUT2D eigenvalue weighted by molar-refractivity contribution is -0.219. The van der Waals surface area contributed by atoms with Gasteiger partial charge in [-0.05, 0) is 48.0 Å². The SMILES string of the molecule is O=C(/C=C/c1ccc(O)cc1)O[C@@H]1Cc2c(O)cc3c(c2O[C@@H]1c1ccc(O)c(O)c1)[C@H]1c2c(O)cc(O)cc2O[C@@](c2cc(O)c(O)c(O)c2)(O3)[C@@H]1O. The van der Waals surface area contributed by atoms with Crippen LogP contribution in [0.5, 0.6) is 69.0 Å². The number of benzene rings is 5. The summed E-state index contributed by atoms with van der Waals surface area (Å²) in [6, 6.07) is 15.2. The minimum Gasteiger partial charge on any atom is -0.508 e. The summed E-state index contributed by atoms with van der Waals surface area (Å²) >= 11 is 0. The number of hydrogen-bond acceptors (Lipinski definition) is 15. The van der Waals surface area contributed by atoms with Crippen molar-refractivity contribution in [3.05, 3.63) is 112 Å². The summed E-state index contributed by atoms with van der Waals surface area (Å²) in [6.07, 6.45) is -1.78. The van der Waals surface area contributed by atoms with Crippen LogP contribution in [0.1, 0.15) is 45.4 Å². The maximum atomic E-state index is 13.2. The van der Waals surface area contributed by atoms with Crippen LogP contribution in [0.15, 0.2) is 78.9 Å². The van der Waals surface area contributed by atoms with E-state index in [1.165, 1.54) is 42.5 Å². The third-order valence-electron chi connectivity index (χ3n) is 9.68. The Bertz CT molecular complexity index is 2360. The van der Waals surface area contributed by atoms with Gasteiger partial charge in [-0.3, -0.25) is 0 Å². The van der Waals surface area contributed by atoms with Crippen LogP contribution in [-0.2, 0) is 21.7 Å². The van der Waals surface area contributed by atoms with E-state index < -0.39 is 82.0 Å². The fourth-order valence-electron chi connectivity index (χ4n) is 7.18. The van der Waals surface area contributed by atoms with Gasteiger partial charge in [0.15, 0.2) is 34.9 Å². The third-order valence-corrected chi connectivity index (χ3v) is 9.68. The summed E-state index contributed by atoms with van der Waals surface area (Å²) < 4.78 is 24.8. The molecule has 0 aromatic heterocycles. The van der Waals surface area contributed by atoms with E-state index in [1.807, 2.05) is 0 Å². The van der Waals surface area contributed by atoms with Crippen molar-refractivity contribution < 1.29 is 74.8 Å². The number of hydrogen-bond donors (Lipinski definition) is 10. The topological polar surface area (TPSA) is 256 Å². The van der Waals surface area contributed by atoms with Crippen LogP contribution in [-0.4, -0.2) is 69.2 Å². The summed E-state index contributed by atoms with van der Waals surface area (Å²) in [5.41, 5.74) is 0.762. The quantitative estimate of drug-likeness (QED) is 0.0678. The van der Waals surface area contributed by atoms with Gasteiger partial charge >= 0.3 is 11.8 Å². The molecule has 5 aromatic rings. The fraction of sp³-hybridized carbons (Fsp3) is 0.154. The van der Waals surface area contributed by atoms with Crippen LogP contribution >= 0.6 is 0 Å². The number of phenols is 9. The summed E-state index contributed by atoms with van der Waals surface area (Å²) in [6.45, 7) is 0. The highest BCUT2D eigenvalue weighted by Crippen LogP contribution is 2.62. The maximum Gasteiger partial charge on any atom is 0.331 e. The minimum atomic E-state index is -2.33.